The Hall–Kier alpha value is -1.09. The highest BCUT2D eigenvalue weighted by Crippen LogP contribution is 2.50. The minimum Gasteiger partial charge on any atom is -0.367 e. The van der Waals surface area contributed by atoms with Gasteiger partial charge in [-0.1, -0.05) is 0 Å². The van der Waals surface area contributed by atoms with Crippen LogP contribution in [-0.2, 0) is 0 Å². The molecule has 0 amide bonds. The lowest BCUT2D eigenvalue weighted by Crippen LogP contribution is -2.38. The van der Waals surface area contributed by atoms with Gasteiger partial charge in [-0.25, -0.2) is 4.39 Å². The molecule has 1 saturated heterocycles. The molecule has 15 heavy (non-hydrogen) atoms. The lowest BCUT2D eigenvalue weighted by Gasteiger charge is -2.28. The van der Waals surface area contributed by atoms with Gasteiger partial charge in [0.15, 0.2) is 0 Å². The summed E-state index contributed by atoms with van der Waals surface area (Å²) in [5, 5.41) is 0. The van der Waals surface area contributed by atoms with Crippen molar-refractivity contribution >= 4 is 5.69 Å². The molecule has 0 bridgehead atoms. The lowest BCUT2D eigenvalue weighted by atomic mass is 10.1. The molecule has 1 saturated carbocycles. The van der Waals surface area contributed by atoms with Crippen LogP contribution in [0.25, 0.3) is 0 Å². The van der Waals surface area contributed by atoms with Gasteiger partial charge in [0.2, 0.25) is 0 Å². The van der Waals surface area contributed by atoms with Crippen molar-refractivity contribution in [3.63, 3.8) is 0 Å². The molecule has 1 aromatic carbocycles. The maximum atomic E-state index is 12.8. The largest absolute Gasteiger partial charge is 0.367 e. The Morgan fingerprint density at radius 1 is 1.33 bits per heavy atom. The Morgan fingerprint density at radius 2 is 2.07 bits per heavy atom. The summed E-state index contributed by atoms with van der Waals surface area (Å²) in [6.07, 6.45) is 1.33. The van der Waals surface area contributed by atoms with Gasteiger partial charge in [-0.15, -0.1) is 0 Å². The smallest absolute Gasteiger partial charge is 0.123 e. The Morgan fingerprint density at radius 3 is 2.73 bits per heavy atom. The molecule has 1 aliphatic heterocycles. The van der Waals surface area contributed by atoms with E-state index in [1.807, 2.05) is 12.1 Å². The van der Waals surface area contributed by atoms with Crippen molar-refractivity contribution in [2.45, 2.75) is 12.5 Å². The molecule has 2 fully saturated rings. The molecule has 0 radical (unpaired) electrons. The van der Waals surface area contributed by atoms with Crippen LogP contribution in [0.15, 0.2) is 24.3 Å². The van der Waals surface area contributed by atoms with E-state index >= 15 is 0 Å². The third-order valence-corrected chi connectivity index (χ3v) is 3.70. The number of nitrogens with two attached hydrogens (primary N) is 1. The van der Waals surface area contributed by atoms with E-state index in [0.29, 0.717) is 12.6 Å². The van der Waals surface area contributed by atoms with Crippen LogP contribution in [0, 0.1) is 17.7 Å². The minimum absolute atomic E-state index is 0.174. The van der Waals surface area contributed by atoms with Crippen LogP contribution in [0.4, 0.5) is 10.1 Å². The quantitative estimate of drug-likeness (QED) is 0.796. The van der Waals surface area contributed by atoms with Gasteiger partial charge in [-0.05, 0) is 42.5 Å². The van der Waals surface area contributed by atoms with Gasteiger partial charge in [0.1, 0.15) is 5.82 Å². The molecule has 3 unspecified atom stereocenters. The highest BCUT2D eigenvalue weighted by atomic mass is 19.1. The second-order valence-corrected chi connectivity index (χ2v) is 4.59. The summed E-state index contributed by atoms with van der Waals surface area (Å²) < 4.78 is 12.8. The number of rotatable bonds is 2. The average molecular weight is 206 g/mol. The molecule has 1 aromatic rings. The lowest BCUT2D eigenvalue weighted by molar-refractivity contribution is 0.602. The molecule has 3 rings (SSSR count). The number of hydrogen-bond acceptors (Lipinski definition) is 2. The maximum Gasteiger partial charge on any atom is 0.123 e. The third kappa shape index (κ3) is 1.42. The Kier molecular flexibility index (Phi) is 1.96. The van der Waals surface area contributed by atoms with E-state index in [1.165, 1.54) is 18.6 Å². The summed E-state index contributed by atoms with van der Waals surface area (Å²) in [6.45, 7) is 1.80. The van der Waals surface area contributed by atoms with Crippen LogP contribution in [-0.4, -0.2) is 19.1 Å². The number of anilines is 1. The van der Waals surface area contributed by atoms with E-state index in [2.05, 4.69) is 4.90 Å². The second-order valence-electron chi connectivity index (χ2n) is 4.59. The van der Waals surface area contributed by atoms with E-state index in [1.54, 1.807) is 0 Å². The van der Waals surface area contributed by atoms with E-state index in [0.717, 1.165) is 24.1 Å². The van der Waals surface area contributed by atoms with Gasteiger partial charge in [0.05, 0.1) is 0 Å². The first-order valence-electron chi connectivity index (χ1n) is 5.52. The molecule has 2 nitrogen and oxygen atoms in total. The monoisotopic (exact) mass is 206 g/mol. The molecule has 3 heteroatoms. The predicted octanol–water partition coefficient (Wildman–Crippen LogP) is 1.61. The van der Waals surface area contributed by atoms with Crippen molar-refractivity contribution < 1.29 is 4.39 Å². The number of benzene rings is 1. The van der Waals surface area contributed by atoms with Gasteiger partial charge in [-0.3, -0.25) is 0 Å². The van der Waals surface area contributed by atoms with Crippen molar-refractivity contribution in [3.8, 4) is 0 Å². The number of piperidine rings is 1. The molecule has 2 aliphatic rings. The number of nitrogens with zero attached hydrogens (tertiary/aromatic N) is 1. The van der Waals surface area contributed by atoms with Crippen molar-refractivity contribution in [2.24, 2.45) is 17.6 Å². The molecule has 0 aromatic heterocycles. The fraction of sp³-hybridized carbons (Fsp3) is 0.500. The van der Waals surface area contributed by atoms with Crippen LogP contribution >= 0.6 is 0 Å². The molecular formula is C12H15FN2. The first-order valence-corrected chi connectivity index (χ1v) is 5.52. The standard InChI is InChI=1S/C12H15FN2/c13-9-1-3-10(4-2-9)15-7-8-5-11(8)12(15)6-14/h1-4,8,11-12H,5-7,14H2. The summed E-state index contributed by atoms with van der Waals surface area (Å²) in [4.78, 5) is 2.33. The van der Waals surface area contributed by atoms with Crippen LogP contribution in [0.1, 0.15) is 6.42 Å². The Bertz CT molecular complexity index is 362. The topological polar surface area (TPSA) is 29.3 Å². The second kappa shape index (κ2) is 3.20. The van der Waals surface area contributed by atoms with Crippen LogP contribution in [0.2, 0.25) is 0 Å². The maximum absolute atomic E-state index is 12.8. The average Bonchev–Trinajstić information content (AvgIpc) is 2.92. The number of hydrogen-bond donors (Lipinski definition) is 1. The number of fused-ring (bicyclic) bond motifs is 1. The molecule has 0 spiro atoms. The van der Waals surface area contributed by atoms with Crippen molar-refractivity contribution in [3.05, 3.63) is 30.1 Å². The van der Waals surface area contributed by atoms with Crippen LogP contribution < -0.4 is 10.6 Å². The van der Waals surface area contributed by atoms with Crippen LogP contribution in [0.3, 0.4) is 0 Å². The van der Waals surface area contributed by atoms with Gasteiger partial charge in [-0.2, -0.15) is 0 Å². The molecule has 3 atom stereocenters. The van der Waals surface area contributed by atoms with E-state index in [4.69, 9.17) is 5.73 Å². The Labute approximate surface area is 88.9 Å². The zero-order chi connectivity index (χ0) is 10.4. The first-order chi connectivity index (χ1) is 7.29. The SMILES string of the molecule is NCC1C2CC2CN1c1ccc(F)cc1. The summed E-state index contributed by atoms with van der Waals surface area (Å²) in [5.74, 6) is 1.45. The van der Waals surface area contributed by atoms with Crippen molar-refractivity contribution in [2.75, 3.05) is 18.0 Å². The first kappa shape index (κ1) is 9.16. The van der Waals surface area contributed by atoms with Gasteiger partial charge < -0.3 is 10.6 Å². The summed E-state index contributed by atoms with van der Waals surface area (Å²) in [7, 11) is 0. The van der Waals surface area contributed by atoms with Crippen molar-refractivity contribution in [1.82, 2.24) is 0 Å². The van der Waals surface area contributed by atoms with Gasteiger partial charge in [0.25, 0.3) is 0 Å². The predicted molar refractivity (Wildman–Crippen MR) is 58.2 cm³/mol. The highest BCUT2D eigenvalue weighted by Gasteiger charge is 2.51. The van der Waals surface area contributed by atoms with Gasteiger partial charge >= 0.3 is 0 Å². The minimum atomic E-state index is -0.174. The molecule has 2 N–H and O–H groups in total. The molecule has 1 heterocycles. The van der Waals surface area contributed by atoms with E-state index in [9.17, 15) is 4.39 Å². The summed E-state index contributed by atoms with van der Waals surface area (Å²) in [6, 6.07) is 7.21. The third-order valence-electron chi connectivity index (χ3n) is 3.70. The van der Waals surface area contributed by atoms with E-state index < -0.39 is 0 Å². The van der Waals surface area contributed by atoms with E-state index in [-0.39, 0.29) is 5.82 Å². The van der Waals surface area contributed by atoms with Gasteiger partial charge in [0, 0.05) is 24.8 Å². The molecule has 80 valence electrons. The molecule has 1 aliphatic carbocycles. The fourth-order valence-corrected chi connectivity index (χ4v) is 2.80. The number of halogens is 1. The zero-order valence-corrected chi connectivity index (χ0v) is 8.57. The zero-order valence-electron chi connectivity index (χ0n) is 8.57. The Balaban J connectivity index is 1.85. The summed E-state index contributed by atoms with van der Waals surface area (Å²) in [5.41, 5.74) is 6.90. The van der Waals surface area contributed by atoms with Crippen molar-refractivity contribution in [1.29, 1.82) is 0 Å². The normalized spacial score (nSPS) is 32.9. The molecular weight excluding hydrogens is 191 g/mol. The summed E-state index contributed by atoms with van der Waals surface area (Å²) >= 11 is 0. The highest BCUT2D eigenvalue weighted by molar-refractivity contribution is 5.50. The fourth-order valence-electron chi connectivity index (χ4n) is 2.80. The van der Waals surface area contributed by atoms with Crippen LogP contribution in [0.5, 0.6) is 0 Å².